The lowest BCUT2D eigenvalue weighted by Gasteiger charge is -2.26. The van der Waals surface area contributed by atoms with Crippen LogP contribution in [0.5, 0.6) is 0 Å². The monoisotopic (exact) mass is 391 g/mol. The molecular weight excluding hydrogens is 374 g/mol. The lowest BCUT2D eigenvalue weighted by atomic mass is 9.95. The van der Waals surface area contributed by atoms with E-state index in [0.29, 0.717) is 35.0 Å². The molecule has 0 spiro atoms. The van der Waals surface area contributed by atoms with Crippen molar-refractivity contribution >= 4 is 34.6 Å². The predicted molar refractivity (Wildman–Crippen MR) is 101 cm³/mol. The van der Waals surface area contributed by atoms with Gasteiger partial charge in [-0.25, -0.2) is 0 Å². The second kappa shape index (κ2) is 8.03. The Morgan fingerprint density at radius 2 is 2.15 bits per heavy atom. The molecule has 0 bridgehead atoms. The summed E-state index contributed by atoms with van der Waals surface area (Å²) in [6, 6.07) is 9.76. The minimum atomic E-state index is -0.673. The van der Waals surface area contributed by atoms with Crippen molar-refractivity contribution < 1.29 is 19.4 Å². The molecule has 0 aliphatic carbocycles. The number of halogens is 1. The zero-order chi connectivity index (χ0) is 18.7. The van der Waals surface area contributed by atoms with Crippen LogP contribution in [0.25, 0.3) is 0 Å². The molecule has 1 N–H and O–H groups in total. The minimum Gasteiger partial charge on any atom is -0.503 e. The highest BCUT2D eigenvalue weighted by atomic mass is 35.5. The first-order valence-electron chi connectivity index (χ1n) is 8.11. The van der Waals surface area contributed by atoms with E-state index < -0.39 is 17.7 Å². The number of Topliss-reactive ketones (excluding diaryl/α,β-unsaturated/α-hetero) is 1. The van der Waals surface area contributed by atoms with Gasteiger partial charge in [0.05, 0.1) is 16.5 Å². The van der Waals surface area contributed by atoms with Gasteiger partial charge in [0.25, 0.3) is 5.91 Å². The summed E-state index contributed by atoms with van der Waals surface area (Å²) in [6.45, 7) is 0.830. The van der Waals surface area contributed by atoms with Gasteiger partial charge in [0, 0.05) is 25.3 Å². The fraction of sp³-hybridized carbons (Fsp3) is 0.263. The van der Waals surface area contributed by atoms with Crippen LogP contribution in [0.15, 0.2) is 53.1 Å². The molecule has 0 radical (unpaired) electrons. The van der Waals surface area contributed by atoms with Gasteiger partial charge in [0.1, 0.15) is 0 Å². The zero-order valence-electron chi connectivity index (χ0n) is 14.1. The molecule has 1 aliphatic rings. The van der Waals surface area contributed by atoms with E-state index in [-0.39, 0.29) is 11.4 Å². The zero-order valence-corrected chi connectivity index (χ0v) is 15.7. The highest BCUT2D eigenvalue weighted by molar-refractivity contribution is 7.12. The van der Waals surface area contributed by atoms with Crippen LogP contribution in [-0.4, -0.2) is 42.0 Å². The first-order chi connectivity index (χ1) is 12.5. The molecule has 3 rings (SSSR count). The van der Waals surface area contributed by atoms with E-state index in [1.54, 1.807) is 48.9 Å². The molecule has 2 heterocycles. The molecule has 7 heteroatoms. The maximum absolute atomic E-state index is 13.0. The fourth-order valence-corrected chi connectivity index (χ4v) is 3.94. The largest absolute Gasteiger partial charge is 0.503 e. The molecule has 136 valence electrons. The van der Waals surface area contributed by atoms with Crippen LogP contribution in [0.4, 0.5) is 0 Å². The molecule has 2 aromatic rings. The summed E-state index contributed by atoms with van der Waals surface area (Å²) in [5.74, 6) is -1.39. The van der Waals surface area contributed by atoms with E-state index in [2.05, 4.69) is 0 Å². The van der Waals surface area contributed by atoms with E-state index in [9.17, 15) is 14.7 Å². The summed E-state index contributed by atoms with van der Waals surface area (Å²) in [4.78, 5) is 27.6. The maximum atomic E-state index is 13.0. The Kier molecular flexibility index (Phi) is 5.76. The van der Waals surface area contributed by atoms with E-state index in [0.717, 1.165) is 0 Å². The van der Waals surface area contributed by atoms with Crippen LogP contribution in [-0.2, 0) is 9.53 Å². The third-order valence-electron chi connectivity index (χ3n) is 4.21. The fourth-order valence-electron chi connectivity index (χ4n) is 3.06. The summed E-state index contributed by atoms with van der Waals surface area (Å²) >= 11 is 7.39. The predicted octanol–water partition coefficient (Wildman–Crippen LogP) is 4.02. The van der Waals surface area contributed by atoms with Crippen molar-refractivity contribution in [2.45, 2.75) is 12.5 Å². The van der Waals surface area contributed by atoms with Crippen LogP contribution in [0.1, 0.15) is 27.7 Å². The van der Waals surface area contributed by atoms with E-state index in [4.69, 9.17) is 16.3 Å². The number of amides is 1. The van der Waals surface area contributed by atoms with Crippen LogP contribution >= 0.6 is 22.9 Å². The van der Waals surface area contributed by atoms with Gasteiger partial charge in [0.15, 0.2) is 5.76 Å². The Morgan fingerprint density at radius 3 is 2.81 bits per heavy atom. The molecule has 5 nitrogen and oxygen atoms in total. The Balaban J connectivity index is 2.04. The molecule has 0 saturated carbocycles. The normalized spacial score (nSPS) is 17.2. The minimum absolute atomic E-state index is 0.0946. The Hall–Kier alpha value is -2.15. The number of aliphatic hydroxyl groups is 1. The smallest absolute Gasteiger partial charge is 0.290 e. The molecule has 1 unspecified atom stereocenters. The van der Waals surface area contributed by atoms with Crippen molar-refractivity contribution in [1.29, 1.82) is 0 Å². The summed E-state index contributed by atoms with van der Waals surface area (Å²) < 4.78 is 5.06. The van der Waals surface area contributed by atoms with Gasteiger partial charge in [-0.15, -0.1) is 11.3 Å². The SMILES string of the molecule is COCCCN1C(=O)C(O)=C(C(=O)c2cccs2)C1c1cccc(Cl)c1. The molecule has 1 aromatic heterocycles. The van der Waals surface area contributed by atoms with Gasteiger partial charge in [-0.3, -0.25) is 9.59 Å². The van der Waals surface area contributed by atoms with Crippen LogP contribution in [0.3, 0.4) is 0 Å². The first-order valence-corrected chi connectivity index (χ1v) is 9.37. The number of methoxy groups -OCH3 is 1. The number of carbonyl (C=O) groups excluding carboxylic acids is 2. The molecule has 1 atom stereocenters. The molecule has 1 aromatic carbocycles. The Bertz CT molecular complexity index is 847. The number of hydrogen-bond acceptors (Lipinski definition) is 5. The van der Waals surface area contributed by atoms with Crippen LogP contribution in [0, 0.1) is 0 Å². The number of ether oxygens (including phenoxy) is 1. The molecular formula is C19H18ClNO4S. The molecule has 1 aliphatic heterocycles. The number of benzene rings is 1. The van der Waals surface area contributed by atoms with Crippen molar-refractivity contribution in [3.05, 3.63) is 68.6 Å². The van der Waals surface area contributed by atoms with E-state index in [1.165, 1.54) is 16.2 Å². The van der Waals surface area contributed by atoms with Crippen molar-refractivity contribution in [2.75, 3.05) is 20.3 Å². The van der Waals surface area contributed by atoms with Gasteiger partial charge >= 0.3 is 0 Å². The quantitative estimate of drug-likeness (QED) is 0.572. The molecule has 1 amide bonds. The number of aliphatic hydroxyl groups excluding tert-OH is 1. The highest BCUT2D eigenvalue weighted by Gasteiger charge is 2.43. The Morgan fingerprint density at radius 1 is 1.35 bits per heavy atom. The summed E-state index contributed by atoms with van der Waals surface area (Å²) in [5, 5.41) is 12.7. The number of thiophene rings is 1. The standard InChI is InChI=1S/C19H18ClNO4S/c1-25-9-4-8-21-16(12-5-2-6-13(20)11-12)15(18(23)19(21)24)17(22)14-7-3-10-26-14/h2-3,5-7,10-11,16,23H,4,8-9H2,1H3. The second-order valence-electron chi connectivity index (χ2n) is 5.87. The van der Waals surface area contributed by atoms with Gasteiger partial charge in [-0.2, -0.15) is 0 Å². The van der Waals surface area contributed by atoms with Gasteiger partial charge in [-0.05, 0) is 35.6 Å². The third kappa shape index (κ3) is 3.53. The van der Waals surface area contributed by atoms with Crippen molar-refractivity contribution in [2.24, 2.45) is 0 Å². The average Bonchev–Trinajstić information content (AvgIpc) is 3.24. The molecule has 0 fully saturated rings. The van der Waals surface area contributed by atoms with Crippen molar-refractivity contribution in [3.63, 3.8) is 0 Å². The number of hydrogen-bond donors (Lipinski definition) is 1. The Labute approximate surface area is 160 Å². The molecule has 0 saturated heterocycles. The number of nitrogens with zero attached hydrogens (tertiary/aromatic N) is 1. The van der Waals surface area contributed by atoms with E-state index in [1.807, 2.05) is 0 Å². The highest BCUT2D eigenvalue weighted by Crippen LogP contribution is 2.40. The average molecular weight is 392 g/mol. The van der Waals surface area contributed by atoms with Crippen molar-refractivity contribution in [1.82, 2.24) is 4.90 Å². The summed E-state index contributed by atoms with van der Waals surface area (Å²) in [5.41, 5.74) is 0.782. The van der Waals surface area contributed by atoms with E-state index >= 15 is 0 Å². The van der Waals surface area contributed by atoms with Gasteiger partial charge in [0.2, 0.25) is 5.78 Å². The third-order valence-corrected chi connectivity index (χ3v) is 5.31. The second-order valence-corrected chi connectivity index (χ2v) is 7.26. The summed E-state index contributed by atoms with van der Waals surface area (Å²) in [6.07, 6.45) is 0.590. The van der Waals surface area contributed by atoms with Crippen molar-refractivity contribution in [3.8, 4) is 0 Å². The summed E-state index contributed by atoms with van der Waals surface area (Å²) in [7, 11) is 1.59. The lowest BCUT2D eigenvalue weighted by Crippen LogP contribution is -2.32. The first kappa shape index (κ1) is 18.6. The maximum Gasteiger partial charge on any atom is 0.290 e. The number of ketones is 1. The number of carbonyl (C=O) groups is 2. The van der Waals surface area contributed by atoms with Gasteiger partial charge in [-0.1, -0.05) is 29.8 Å². The van der Waals surface area contributed by atoms with Crippen LogP contribution < -0.4 is 0 Å². The topological polar surface area (TPSA) is 66.8 Å². The van der Waals surface area contributed by atoms with Crippen LogP contribution in [0.2, 0.25) is 5.02 Å². The lowest BCUT2D eigenvalue weighted by molar-refractivity contribution is -0.129. The molecule has 26 heavy (non-hydrogen) atoms. The number of rotatable bonds is 7. The van der Waals surface area contributed by atoms with Gasteiger partial charge < -0.3 is 14.7 Å².